The topological polar surface area (TPSA) is 18.5 Å². The van der Waals surface area contributed by atoms with Crippen LogP contribution in [0, 0.1) is 0 Å². The lowest BCUT2D eigenvalue weighted by atomic mass is 10.0. The molecule has 0 saturated carbocycles. The summed E-state index contributed by atoms with van der Waals surface area (Å²) in [6, 6.07) is 33.6. The molecule has 5 heteroatoms. The van der Waals surface area contributed by atoms with Crippen LogP contribution in [0.3, 0.4) is 0 Å². The van der Waals surface area contributed by atoms with Crippen LogP contribution in [0.4, 0.5) is 0 Å². The van der Waals surface area contributed by atoms with E-state index in [1.807, 2.05) is 35.6 Å². The van der Waals surface area contributed by atoms with Crippen LogP contribution in [-0.4, -0.2) is 0 Å². The van der Waals surface area contributed by atoms with Crippen LogP contribution >= 0.6 is 17.4 Å². The third-order valence-corrected chi connectivity index (χ3v) is 13.0. The highest BCUT2D eigenvalue weighted by Gasteiger charge is 2.42. The van der Waals surface area contributed by atoms with Gasteiger partial charge in [0.25, 0.3) is 0 Å². The number of ether oxygens (including phenoxy) is 2. The molecule has 6 aromatic rings. The number of thiophene rings is 1. The van der Waals surface area contributed by atoms with E-state index >= 15 is 0 Å². The summed E-state index contributed by atoms with van der Waals surface area (Å²) in [5, 5.41) is 5.78. The molecular weight excluding hydrogens is 487 g/mol. The van der Waals surface area contributed by atoms with Crippen molar-refractivity contribution in [2.75, 3.05) is 0 Å². The Labute approximate surface area is 211 Å². The average Bonchev–Trinajstić information content (AvgIpc) is 3.27. The molecule has 0 aliphatic carbocycles. The van der Waals surface area contributed by atoms with Crippen LogP contribution in [0.25, 0.3) is 31.3 Å². The number of fused-ring (bicyclic) bond motifs is 7. The molecule has 1 aromatic heterocycles. The Bertz CT molecular complexity index is 1830. The highest BCUT2D eigenvalue weighted by Crippen LogP contribution is 2.59. The van der Waals surface area contributed by atoms with Crippen molar-refractivity contribution in [3.05, 3.63) is 103 Å². The van der Waals surface area contributed by atoms with Crippen LogP contribution in [0.2, 0.25) is 0 Å². The maximum absolute atomic E-state index is 6.59. The molecule has 0 amide bonds. The van der Waals surface area contributed by atoms with Gasteiger partial charge in [-0.3, -0.25) is 0 Å². The van der Waals surface area contributed by atoms with Crippen LogP contribution in [0.15, 0.2) is 103 Å². The largest absolute Gasteiger partial charge is 0.456 e. The van der Waals surface area contributed by atoms with E-state index in [-0.39, 0.29) is 0 Å². The van der Waals surface area contributed by atoms with Crippen molar-refractivity contribution in [3.8, 4) is 34.1 Å². The Morgan fingerprint density at radius 1 is 0.600 bits per heavy atom. The average molecular weight is 505 g/mol. The molecular formula is C30H17O2PS2. The summed E-state index contributed by atoms with van der Waals surface area (Å²) in [4.78, 5) is 0. The third kappa shape index (κ3) is 2.62. The lowest BCUT2D eigenvalue weighted by Crippen LogP contribution is -2.34. The van der Waals surface area contributed by atoms with Gasteiger partial charge in [-0.2, -0.15) is 0 Å². The summed E-state index contributed by atoms with van der Waals surface area (Å²) in [6.07, 6.45) is 0. The molecule has 8 rings (SSSR count). The van der Waals surface area contributed by atoms with Crippen molar-refractivity contribution >= 4 is 65.3 Å². The van der Waals surface area contributed by atoms with Crippen molar-refractivity contribution in [1.82, 2.24) is 0 Å². The Balaban J connectivity index is 1.44. The van der Waals surface area contributed by atoms with Gasteiger partial charge in [0.15, 0.2) is 0 Å². The van der Waals surface area contributed by atoms with Gasteiger partial charge >= 0.3 is 0 Å². The lowest BCUT2D eigenvalue weighted by molar-refractivity contribution is 0.467. The van der Waals surface area contributed by atoms with Gasteiger partial charge in [-0.15, -0.1) is 11.3 Å². The fourth-order valence-electron chi connectivity index (χ4n) is 5.39. The zero-order chi connectivity index (χ0) is 23.1. The fourth-order valence-corrected chi connectivity index (χ4v) is 11.1. The first kappa shape index (κ1) is 19.8. The molecule has 2 nitrogen and oxygen atoms in total. The summed E-state index contributed by atoms with van der Waals surface area (Å²) < 4.78 is 15.6. The van der Waals surface area contributed by atoms with Crippen molar-refractivity contribution in [2.24, 2.45) is 0 Å². The highest BCUT2D eigenvalue weighted by molar-refractivity contribution is 8.26. The second-order valence-corrected chi connectivity index (χ2v) is 14.2. The minimum absolute atomic E-state index is 0.812. The Hall–Kier alpha value is -3.43. The summed E-state index contributed by atoms with van der Waals surface area (Å²) in [6.45, 7) is 0. The Morgan fingerprint density at radius 2 is 1.20 bits per heavy atom. The molecule has 0 bridgehead atoms. The maximum atomic E-state index is 6.59. The maximum Gasteiger partial charge on any atom is 0.140 e. The van der Waals surface area contributed by atoms with E-state index in [2.05, 4.69) is 78.9 Å². The van der Waals surface area contributed by atoms with E-state index in [4.69, 9.17) is 21.3 Å². The smallest absolute Gasteiger partial charge is 0.140 e. The molecule has 2 aliphatic heterocycles. The molecule has 3 heterocycles. The molecule has 0 N–H and O–H groups in total. The van der Waals surface area contributed by atoms with Crippen LogP contribution < -0.4 is 25.4 Å². The number of hydrogen-bond acceptors (Lipinski definition) is 4. The van der Waals surface area contributed by atoms with E-state index in [1.54, 1.807) is 0 Å². The van der Waals surface area contributed by atoms with Crippen LogP contribution in [0.5, 0.6) is 23.0 Å². The van der Waals surface area contributed by atoms with E-state index in [9.17, 15) is 0 Å². The molecule has 5 aromatic carbocycles. The van der Waals surface area contributed by atoms with Gasteiger partial charge in [0.1, 0.15) is 23.0 Å². The molecule has 0 spiro atoms. The minimum Gasteiger partial charge on any atom is -0.456 e. The molecule has 0 unspecified atom stereocenters. The van der Waals surface area contributed by atoms with Gasteiger partial charge < -0.3 is 9.47 Å². The first-order valence-corrected chi connectivity index (χ1v) is 15.1. The standard InChI is InChI=1S/C30H17O2PS2/c34-33-26-13-4-2-11-22(26)31-24-16-18(17-25(29(24)33)32-23-12-3-5-14-27(23)33)19-9-7-10-21-20-8-1-6-15-28(20)35-30(19)21/h1-17H. The quantitative estimate of drug-likeness (QED) is 0.214. The number of para-hydroxylation sites is 2. The van der Waals surface area contributed by atoms with Gasteiger partial charge in [0.05, 0.1) is 11.3 Å². The summed E-state index contributed by atoms with van der Waals surface area (Å²) in [5.41, 5.74) is 2.26. The molecule has 0 radical (unpaired) electrons. The molecule has 35 heavy (non-hydrogen) atoms. The van der Waals surface area contributed by atoms with Crippen LogP contribution in [-0.2, 0) is 11.8 Å². The molecule has 166 valence electrons. The second-order valence-electron chi connectivity index (χ2n) is 8.85. The summed E-state index contributed by atoms with van der Waals surface area (Å²) >= 11 is 8.42. The number of benzene rings is 5. The predicted octanol–water partition coefficient (Wildman–Crippen LogP) is 7.69. The summed E-state index contributed by atoms with van der Waals surface area (Å²) in [7, 11) is 0. The SMILES string of the molecule is S=P12c3ccccc3Oc3cc(-c4cccc5c4sc4ccccc45)cc(c31)Oc1ccccc12. The molecule has 2 aliphatic rings. The molecule has 0 saturated heterocycles. The predicted molar refractivity (Wildman–Crippen MR) is 151 cm³/mol. The van der Waals surface area contributed by atoms with E-state index in [1.165, 1.54) is 25.7 Å². The Morgan fingerprint density at radius 3 is 1.91 bits per heavy atom. The first-order chi connectivity index (χ1) is 17.2. The molecule has 0 atom stereocenters. The lowest BCUT2D eigenvalue weighted by Gasteiger charge is -2.37. The van der Waals surface area contributed by atoms with Gasteiger partial charge in [0.2, 0.25) is 0 Å². The third-order valence-electron chi connectivity index (χ3n) is 6.92. The van der Waals surface area contributed by atoms with E-state index in [0.717, 1.165) is 44.5 Å². The normalized spacial score (nSPS) is 14.5. The van der Waals surface area contributed by atoms with Gasteiger partial charge in [-0.1, -0.05) is 72.5 Å². The zero-order valence-corrected chi connectivity index (χ0v) is 20.9. The summed E-state index contributed by atoms with van der Waals surface area (Å²) in [5.74, 6) is 3.32. The first-order valence-electron chi connectivity index (χ1n) is 11.5. The van der Waals surface area contributed by atoms with Crippen molar-refractivity contribution < 1.29 is 9.47 Å². The minimum atomic E-state index is -2.31. The zero-order valence-electron chi connectivity index (χ0n) is 18.4. The van der Waals surface area contributed by atoms with Gasteiger partial charge in [-0.05, 0) is 53.6 Å². The van der Waals surface area contributed by atoms with Gasteiger partial charge in [-0.25, -0.2) is 0 Å². The number of rotatable bonds is 1. The fraction of sp³-hybridized carbons (Fsp3) is 0. The van der Waals surface area contributed by atoms with Gasteiger partial charge in [0, 0.05) is 30.8 Å². The van der Waals surface area contributed by atoms with Crippen molar-refractivity contribution in [2.45, 2.75) is 0 Å². The monoisotopic (exact) mass is 504 g/mol. The highest BCUT2D eigenvalue weighted by atomic mass is 32.4. The second kappa shape index (κ2) is 7.05. The van der Waals surface area contributed by atoms with Crippen LogP contribution in [0.1, 0.15) is 0 Å². The van der Waals surface area contributed by atoms with Crippen molar-refractivity contribution in [1.29, 1.82) is 0 Å². The number of hydrogen-bond donors (Lipinski definition) is 0. The van der Waals surface area contributed by atoms with Crippen molar-refractivity contribution in [3.63, 3.8) is 0 Å². The van der Waals surface area contributed by atoms with E-state index < -0.39 is 6.04 Å². The Kier molecular flexibility index (Phi) is 4.00. The molecule has 0 fully saturated rings. The van der Waals surface area contributed by atoms with E-state index in [0.29, 0.717) is 0 Å².